The molecule has 1 aliphatic carbocycles. The number of hydrogen-bond acceptors (Lipinski definition) is 2. The summed E-state index contributed by atoms with van der Waals surface area (Å²) < 4.78 is 1.92. The normalized spacial score (nSPS) is 15.1. The van der Waals surface area contributed by atoms with Gasteiger partial charge in [0.05, 0.1) is 11.9 Å². The predicted molar refractivity (Wildman–Crippen MR) is 109 cm³/mol. The maximum atomic E-state index is 4.43. The molecule has 1 saturated carbocycles. The van der Waals surface area contributed by atoms with E-state index < -0.39 is 0 Å². The molecule has 0 radical (unpaired) electrons. The van der Waals surface area contributed by atoms with Crippen LogP contribution in [0.2, 0.25) is 0 Å². The Morgan fingerprint density at radius 3 is 2.71 bits per heavy atom. The molecule has 0 saturated heterocycles. The van der Waals surface area contributed by atoms with Crippen LogP contribution < -0.4 is 10.6 Å². The van der Waals surface area contributed by atoms with Crippen molar-refractivity contribution in [2.24, 2.45) is 4.99 Å². The SMILES string of the molecule is CN=C(NCCc1cnn(-c2ccccc2)c1)NC1CCCC1.I. The minimum absolute atomic E-state index is 0. The number of benzene rings is 1. The first-order valence-electron chi connectivity index (χ1n) is 8.41. The van der Waals surface area contributed by atoms with Gasteiger partial charge in [0.15, 0.2) is 5.96 Å². The van der Waals surface area contributed by atoms with Gasteiger partial charge >= 0.3 is 0 Å². The summed E-state index contributed by atoms with van der Waals surface area (Å²) in [6.45, 7) is 0.854. The summed E-state index contributed by atoms with van der Waals surface area (Å²) in [4.78, 5) is 4.31. The average Bonchev–Trinajstić information content (AvgIpc) is 3.26. The zero-order chi connectivity index (χ0) is 15.9. The number of aromatic nitrogens is 2. The lowest BCUT2D eigenvalue weighted by molar-refractivity contribution is 0.613. The highest BCUT2D eigenvalue weighted by atomic mass is 127. The van der Waals surface area contributed by atoms with Crippen LogP contribution in [0.4, 0.5) is 0 Å². The molecule has 0 spiro atoms. The third-order valence-electron chi connectivity index (χ3n) is 4.28. The maximum Gasteiger partial charge on any atom is 0.191 e. The standard InChI is InChI=1S/C18H25N5.HI/c1-19-18(22-16-7-5-6-8-16)20-12-11-15-13-21-23(14-15)17-9-3-2-4-10-17;/h2-4,9-10,13-14,16H,5-8,11-12H2,1H3,(H2,19,20,22);1H. The van der Waals surface area contributed by atoms with Crippen molar-refractivity contribution in [2.75, 3.05) is 13.6 Å². The molecule has 3 rings (SSSR count). The minimum Gasteiger partial charge on any atom is -0.356 e. The molecule has 1 aliphatic rings. The molecule has 0 bridgehead atoms. The van der Waals surface area contributed by atoms with Crippen molar-refractivity contribution in [3.8, 4) is 5.69 Å². The number of rotatable bonds is 5. The Balaban J connectivity index is 0.00000208. The average molecular weight is 439 g/mol. The Kier molecular flexibility index (Phi) is 7.55. The monoisotopic (exact) mass is 439 g/mol. The van der Waals surface area contributed by atoms with E-state index in [4.69, 9.17) is 0 Å². The van der Waals surface area contributed by atoms with Gasteiger partial charge in [-0.2, -0.15) is 5.10 Å². The number of halogens is 1. The molecule has 0 aliphatic heterocycles. The van der Waals surface area contributed by atoms with E-state index in [-0.39, 0.29) is 24.0 Å². The molecule has 2 N–H and O–H groups in total. The van der Waals surface area contributed by atoms with Gasteiger partial charge in [0.25, 0.3) is 0 Å². The van der Waals surface area contributed by atoms with E-state index in [1.54, 1.807) is 0 Å². The lowest BCUT2D eigenvalue weighted by atomic mass is 10.2. The topological polar surface area (TPSA) is 54.2 Å². The third-order valence-corrected chi connectivity index (χ3v) is 4.28. The lowest BCUT2D eigenvalue weighted by Crippen LogP contribution is -2.42. The molecule has 0 atom stereocenters. The van der Waals surface area contributed by atoms with Crippen LogP contribution in [0.25, 0.3) is 5.69 Å². The molecule has 5 nitrogen and oxygen atoms in total. The van der Waals surface area contributed by atoms with Gasteiger partial charge in [-0.05, 0) is 37.0 Å². The van der Waals surface area contributed by atoms with Crippen LogP contribution in [0.15, 0.2) is 47.7 Å². The first-order valence-corrected chi connectivity index (χ1v) is 8.41. The van der Waals surface area contributed by atoms with Crippen LogP contribution >= 0.6 is 24.0 Å². The van der Waals surface area contributed by atoms with Crippen molar-refractivity contribution < 1.29 is 0 Å². The zero-order valence-electron chi connectivity index (χ0n) is 14.1. The molecule has 1 fully saturated rings. The molecular formula is C18H26IN5. The van der Waals surface area contributed by atoms with Crippen molar-refractivity contribution in [3.63, 3.8) is 0 Å². The summed E-state index contributed by atoms with van der Waals surface area (Å²) in [5.74, 6) is 0.910. The second kappa shape index (κ2) is 9.66. The quantitative estimate of drug-likeness (QED) is 0.428. The van der Waals surface area contributed by atoms with Crippen LogP contribution in [0, 0.1) is 0 Å². The van der Waals surface area contributed by atoms with E-state index in [9.17, 15) is 0 Å². The van der Waals surface area contributed by atoms with Gasteiger partial charge in [-0.1, -0.05) is 31.0 Å². The number of guanidine groups is 1. The second-order valence-corrected chi connectivity index (χ2v) is 6.00. The summed E-state index contributed by atoms with van der Waals surface area (Å²) >= 11 is 0. The third kappa shape index (κ3) is 5.22. The van der Waals surface area contributed by atoms with Crippen molar-refractivity contribution in [1.29, 1.82) is 0 Å². The summed E-state index contributed by atoms with van der Waals surface area (Å²) in [5, 5.41) is 11.3. The van der Waals surface area contributed by atoms with E-state index in [0.717, 1.165) is 24.6 Å². The second-order valence-electron chi connectivity index (χ2n) is 6.00. The summed E-state index contributed by atoms with van der Waals surface area (Å²) in [7, 11) is 1.83. The minimum atomic E-state index is 0. The summed E-state index contributed by atoms with van der Waals surface area (Å²) in [6.07, 6.45) is 10.1. The Hall–Kier alpha value is -1.57. The van der Waals surface area contributed by atoms with Crippen molar-refractivity contribution >= 4 is 29.9 Å². The lowest BCUT2D eigenvalue weighted by Gasteiger charge is -2.16. The van der Waals surface area contributed by atoms with E-state index >= 15 is 0 Å². The van der Waals surface area contributed by atoms with E-state index in [0.29, 0.717) is 6.04 Å². The molecule has 0 unspecified atom stereocenters. The first kappa shape index (κ1) is 18.8. The molecular weight excluding hydrogens is 413 g/mol. The fraction of sp³-hybridized carbons (Fsp3) is 0.444. The number of para-hydroxylation sites is 1. The Bertz CT molecular complexity index is 632. The molecule has 2 aromatic rings. The molecule has 1 aromatic carbocycles. The highest BCUT2D eigenvalue weighted by Crippen LogP contribution is 2.17. The zero-order valence-corrected chi connectivity index (χ0v) is 16.4. The van der Waals surface area contributed by atoms with Crippen LogP contribution in [0.3, 0.4) is 0 Å². The predicted octanol–water partition coefficient (Wildman–Crippen LogP) is 3.14. The molecule has 0 amide bonds. The summed E-state index contributed by atoms with van der Waals surface area (Å²) in [5.41, 5.74) is 2.31. The van der Waals surface area contributed by atoms with E-state index in [1.165, 1.54) is 31.2 Å². The van der Waals surface area contributed by atoms with Gasteiger partial charge in [0.1, 0.15) is 0 Å². The van der Waals surface area contributed by atoms with Gasteiger partial charge in [-0.3, -0.25) is 4.99 Å². The van der Waals surface area contributed by atoms with Gasteiger partial charge in [-0.25, -0.2) is 4.68 Å². The fourth-order valence-electron chi connectivity index (χ4n) is 2.99. The number of nitrogens with zero attached hydrogens (tertiary/aromatic N) is 3. The summed E-state index contributed by atoms with van der Waals surface area (Å²) in [6, 6.07) is 10.8. The van der Waals surface area contributed by atoms with Gasteiger partial charge in [0.2, 0.25) is 0 Å². The molecule has 1 heterocycles. The molecule has 1 aromatic heterocycles. The van der Waals surface area contributed by atoms with Gasteiger partial charge in [-0.15, -0.1) is 24.0 Å². The van der Waals surface area contributed by atoms with Crippen LogP contribution in [0.1, 0.15) is 31.2 Å². The van der Waals surface area contributed by atoms with Gasteiger partial charge < -0.3 is 10.6 Å². The fourth-order valence-corrected chi connectivity index (χ4v) is 2.99. The van der Waals surface area contributed by atoms with Crippen LogP contribution in [-0.4, -0.2) is 35.4 Å². The molecule has 24 heavy (non-hydrogen) atoms. The maximum absolute atomic E-state index is 4.43. The van der Waals surface area contributed by atoms with Crippen LogP contribution in [-0.2, 0) is 6.42 Å². The highest BCUT2D eigenvalue weighted by Gasteiger charge is 2.15. The van der Waals surface area contributed by atoms with Crippen molar-refractivity contribution in [1.82, 2.24) is 20.4 Å². The smallest absolute Gasteiger partial charge is 0.191 e. The largest absolute Gasteiger partial charge is 0.356 e. The Morgan fingerprint density at radius 2 is 2.00 bits per heavy atom. The number of nitrogens with one attached hydrogen (secondary N) is 2. The van der Waals surface area contributed by atoms with Crippen LogP contribution in [0.5, 0.6) is 0 Å². The van der Waals surface area contributed by atoms with Crippen molar-refractivity contribution in [2.45, 2.75) is 38.1 Å². The van der Waals surface area contributed by atoms with E-state index in [2.05, 4.69) is 39.1 Å². The number of aliphatic imine (C=N–C) groups is 1. The number of hydrogen-bond donors (Lipinski definition) is 2. The van der Waals surface area contributed by atoms with E-state index in [1.807, 2.05) is 36.1 Å². The highest BCUT2D eigenvalue weighted by molar-refractivity contribution is 14.0. The Labute approximate surface area is 161 Å². The Morgan fingerprint density at radius 1 is 1.25 bits per heavy atom. The van der Waals surface area contributed by atoms with Crippen molar-refractivity contribution in [3.05, 3.63) is 48.3 Å². The molecule has 6 heteroatoms. The van der Waals surface area contributed by atoms with Gasteiger partial charge in [0, 0.05) is 25.8 Å². The first-order chi connectivity index (χ1) is 11.3. The molecule has 130 valence electrons.